The fraction of sp³-hybridized carbons (Fsp3) is 0.474. The first-order valence-corrected chi connectivity index (χ1v) is 8.55. The number of hydrogen-bond donors (Lipinski definition) is 0. The Labute approximate surface area is 143 Å². The van der Waals surface area contributed by atoms with Crippen molar-refractivity contribution in [3.8, 4) is 11.6 Å². The number of para-hydroxylation sites is 1. The normalized spacial score (nSPS) is 20.9. The third kappa shape index (κ3) is 3.78. The van der Waals surface area contributed by atoms with Crippen LogP contribution in [0.3, 0.4) is 0 Å². The zero-order chi connectivity index (χ0) is 17.1. The largest absolute Gasteiger partial charge is 0.466 e. The highest BCUT2D eigenvalue weighted by atomic mass is 16.5. The Kier molecular flexibility index (Phi) is 4.88. The van der Waals surface area contributed by atoms with Crippen molar-refractivity contribution in [2.75, 3.05) is 19.7 Å². The van der Waals surface area contributed by atoms with Gasteiger partial charge in [0.25, 0.3) is 5.91 Å². The molecule has 1 fully saturated rings. The summed E-state index contributed by atoms with van der Waals surface area (Å²) in [4.78, 5) is 14.3. The topological polar surface area (TPSA) is 47.4 Å². The molecule has 1 saturated heterocycles. The summed E-state index contributed by atoms with van der Waals surface area (Å²) in [5.74, 6) is 1.67. The van der Waals surface area contributed by atoms with Crippen LogP contribution in [-0.2, 0) is 4.79 Å². The molecule has 5 heteroatoms. The van der Waals surface area contributed by atoms with E-state index in [2.05, 4.69) is 18.9 Å². The summed E-state index contributed by atoms with van der Waals surface area (Å²) in [6.45, 7) is 8.03. The Bertz CT molecular complexity index is 686. The van der Waals surface area contributed by atoms with Gasteiger partial charge < -0.3 is 9.64 Å². The Balaban J connectivity index is 1.62. The van der Waals surface area contributed by atoms with Crippen molar-refractivity contribution in [1.82, 2.24) is 14.7 Å². The monoisotopic (exact) mass is 327 g/mol. The van der Waals surface area contributed by atoms with Gasteiger partial charge in [0, 0.05) is 24.8 Å². The molecule has 1 aromatic heterocycles. The zero-order valence-electron chi connectivity index (χ0n) is 14.6. The first kappa shape index (κ1) is 16.6. The molecular formula is C19H25N3O2. The summed E-state index contributed by atoms with van der Waals surface area (Å²) in [6.07, 6.45) is 3.10. The minimum absolute atomic E-state index is 0.0436. The number of carbonyl (C=O) groups is 1. The lowest BCUT2D eigenvalue weighted by Gasteiger charge is -2.34. The molecule has 2 aromatic rings. The molecule has 0 spiro atoms. The van der Waals surface area contributed by atoms with Gasteiger partial charge >= 0.3 is 0 Å². The molecule has 1 aliphatic heterocycles. The lowest BCUT2D eigenvalue weighted by Crippen LogP contribution is -2.44. The van der Waals surface area contributed by atoms with Crippen LogP contribution < -0.4 is 4.74 Å². The van der Waals surface area contributed by atoms with Crippen LogP contribution in [0.1, 0.15) is 25.8 Å². The van der Waals surface area contributed by atoms with Crippen molar-refractivity contribution < 1.29 is 9.53 Å². The number of aryl methyl sites for hydroxylation is 1. The number of aromatic nitrogens is 2. The summed E-state index contributed by atoms with van der Waals surface area (Å²) >= 11 is 0. The Morgan fingerprint density at radius 2 is 1.88 bits per heavy atom. The van der Waals surface area contributed by atoms with Gasteiger partial charge in [-0.25, -0.2) is 4.68 Å². The van der Waals surface area contributed by atoms with Crippen molar-refractivity contribution in [3.05, 3.63) is 42.1 Å². The summed E-state index contributed by atoms with van der Waals surface area (Å²) < 4.78 is 7.48. The van der Waals surface area contributed by atoms with Crippen molar-refractivity contribution in [3.63, 3.8) is 0 Å². The molecule has 0 saturated carbocycles. The van der Waals surface area contributed by atoms with Crippen LogP contribution in [-0.4, -0.2) is 40.3 Å². The third-order valence-corrected chi connectivity index (χ3v) is 4.43. The lowest BCUT2D eigenvalue weighted by molar-refractivity contribution is -0.136. The maximum absolute atomic E-state index is 12.4. The second-order valence-corrected chi connectivity index (χ2v) is 6.93. The standard InChI is InChI=1S/C19H25N3O2/c1-14-9-15(2)11-21(10-14)18(23)13-24-19-16(3)12-22(20-19)17-7-5-4-6-8-17/h4-8,12,14-15H,9-11,13H2,1-3H3/t14-,15-/m0/s1. The molecule has 128 valence electrons. The van der Waals surface area contributed by atoms with Gasteiger partial charge in [0.2, 0.25) is 5.88 Å². The molecule has 0 radical (unpaired) electrons. The van der Waals surface area contributed by atoms with Crippen molar-refractivity contribution in [2.24, 2.45) is 11.8 Å². The molecule has 3 rings (SSSR count). The van der Waals surface area contributed by atoms with Crippen molar-refractivity contribution >= 4 is 5.91 Å². The number of benzene rings is 1. The van der Waals surface area contributed by atoms with Gasteiger partial charge in [0.15, 0.2) is 6.61 Å². The number of rotatable bonds is 4. The molecule has 24 heavy (non-hydrogen) atoms. The number of piperidine rings is 1. The highest BCUT2D eigenvalue weighted by Crippen LogP contribution is 2.22. The quantitative estimate of drug-likeness (QED) is 0.867. The number of likely N-dealkylation sites (tertiary alicyclic amines) is 1. The van der Waals surface area contributed by atoms with Gasteiger partial charge in [-0.2, -0.15) is 0 Å². The van der Waals surface area contributed by atoms with Gasteiger partial charge in [0.05, 0.1) is 5.69 Å². The number of carbonyl (C=O) groups excluding carboxylic acids is 1. The minimum atomic E-state index is 0.0436. The highest BCUT2D eigenvalue weighted by Gasteiger charge is 2.25. The predicted octanol–water partition coefficient (Wildman–Crippen LogP) is 3.06. The van der Waals surface area contributed by atoms with E-state index >= 15 is 0 Å². The first-order valence-electron chi connectivity index (χ1n) is 8.55. The summed E-state index contributed by atoms with van der Waals surface area (Å²) in [5.41, 5.74) is 1.90. The van der Waals surface area contributed by atoms with Gasteiger partial charge in [-0.1, -0.05) is 32.0 Å². The summed E-state index contributed by atoms with van der Waals surface area (Å²) in [6, 6.07) is 9.87. The number of hydrogen-bond acceptors (Lipinski definition) is 3. The SMILES string of the molecule is Cc1cn(-c2ccccc2)nc1OCC(=O)N1C[C@@H](C)C[C@H](C)C1. The van der Waals surface area contributed by atoms with Crippen molar-refractivity contribution in [1.29, 1.82) is 0 Å². The average Bonchev–Trinajstić information content (AvgIpc) is 2.93. The number of ether oxygens (including phenoxy) is 1. The van der Waals surface area contributed by atoms with E-state index in [1.165, 1.54) is 6.42 Å². The van der Waals surface area contributed by atoms with Gasteiger partial charge in [-0.15, -0.1) is 5.10 Å². The van der Waals surface area contributed by atoms with E-state index < -0.39 is 0 Å². The van der Waals surface area contributed by atoms with Gasteiger partial charge in [-0.05, 0) is 37.3 Å². The maximum Gasteiger partial charge on any atom is 0.260 e. The molecule has 1 aliphatic rings. The molecule has 0 unspecified atom stereocenters. The predicted molar refractivity (Wildman–Crippen MR) is 93.3 cm³/mol. The second kappa shape index (κ2) is 7.07. The molecule has 1 amide bonds. The zero-order valence-corrected chi connectivity index (χ0v) is 14.6. The molecule has 0 aliphatic carbocycles. The van der Waals surface area contributed by atoms with E-state index in [9.17, 15) is 4.79 Å². The van der Waals surface area contributed by atoms with Crippen molar-refractivity contribution in [2.45, 2.75) is 27.2 Å². The fourth-order valence-corrected chi connectivity index (χ4v) is 3.39. The molecule has 2 atom stereocenters. The molecular weight excluding hydrogens is 302 g/mol. The minimum Gasteiger partial charge on any atom is -0.466 e. The Hall–Kier alpha value is -2.30. The van der Waals surface area contributed by atoms with Crippen LogP contribution in [0.5, 0.6) is 5.88 Å². The Morgan fingerprint density at radius 3 is 2.54 bits per heavy atom. The summed E-state index contributed by atoms with van der Waals surface area (Å²) in [7, 11) is 0. The van der Waals surface area contributed by atoms with Gasteiger partial charge in [0.1, 0.15) is 0 Å². The first-order chi connectivity index (χ1) is 11.5. The average molecular weight is 327 g/mol. The molecule has 2 heterocycles. The molecule has 0 bridgehead atoms. The van der Waals surface area contributed by atoms with E-state index in [1.54, 1.807) is 4.68 Å². The van der Waals surface area contributed by atoms with E-state index in [0.29, 0.717) is 17.7 Å². The molecule has 5 nitrogen and oxygen atoms in total. The van der Waals surface area contributed by atoms with Crippen LogP contribution >= 0.6 is 0 Å². The van der Waals surface area contributed by atoms with Crippen LogP contribution in [0.2, 0.25) is 0 Å². The maximum atomic E-state index is 12.4. The molecule has 0 N–H and O–H groups in total. The number of amides is 1. The van der Waals surface area contributed by atoms with E-state index in [0.717, 1.165) is 24.3 Å². The van der Waals surface area contributed by atoms with E-state index in [1.807, 2.05) is 48.4 Å². The fourth-order valence-electron chi connectivity index (χ4n) is 3.39. The summed E-state index contributed by atoms with van der Waals surface area (Å²) in [5, 5.41) is 4.45. The van der Waals surface area contributed by atoms with Crippen LogP contribution in [0, 0.1) is 18.8 Å². The van der Waals surface area contributed by atoms with Crippen LogP contribution in [0.15, 0.2) is 36.5 Å². The van der Waals surface area contributed by atoms with Gasteiger partial charge in [-0.3, -0.25) is 4.79 Å². The molecule has 1 aromatic carbocycles. The smallest absolute Gasteiger partial charge is 0.260 e. The second-order valence-electron chi connectivity index (χ2n) is 6.93. The lowest BCUT2D eigenvalue weighted by atomic mass is 9.92. The Morgan fingerprint density at radius 1 is 1.21 bits per heavy atom. The van der Waals surface area contributed by atoms with E-state index in [4.69, 9.17) is 4.74 Å². The van der Waals surface area contributed by atoms with Crippen LogP contribution in [0.25, 0.3) is 5.69 Å². The van der Waals surface area contributed by atoms with Crippen LogP contribution in [0.4, 0.5) is 0 Å². The third-order valence-electron chi connectivity index (χ3n) is 4.43. The number of nitrogens with zero attached hydrogens (tertiary/aromatic N) is 3. The highest BCUT2D eigenvalue weighted by molar-refractivity contribution is 5.77. The van der Waals surface area contributed by atoms with E-state index in [-0.39, 0.29) is 12.5 Å².